The van der Waals surface area contributed by atoms with E-state index in [4.69, 9.17) is 17.4 Å². The second-order valence-electron chi connectivity index (χ2n) is 5.77. The zero-order valence-corrected chi connectivity index (χ0v) is 12.7. The van der Waals surface area contributed by atoms with Crippen LogP contribution in [-0.4, -0.2) is 11.9 Å². The minimum Gasteiger partial charge on any atom is -0.349 e. The molecule has 20 heavy (non-hydrogen) atoms. The highest BCUT2D eigenvalue weighted by Crippen LogP contribution is 2.29. The first-order valence-corrected chi connectivity index (χ1v) is 7.46. The van der Waals surface area contributed by atoms with Gasteiger partial charge in [0.05, 0.1) is 11.3 Å². The molecular weight excluding hydrogens is 274 g/mol. The fourth-order valence-electron chi connectivity index (χ4n) is 2.77. The van der Waals surface area contributed by atoms with Gasteiger partial charge >= 0.3 is 0 Å². The third-order valence-electron chi connectivity index (χ3n) is 4.32. The Labute approximate surface area is 125 Å². The average Bonchev–Trinajstić information content (AvgIpc) is 2.43. The average molecular weight is 296 g/mol. The van der Waals surface area contributed by atoms with Gasteiger partial charge in [0.1, 0.15) is 0 Å². The molecule has 1 aliphatic carbocycles. The van der Waals surface area contributed by atoms with Crippen molar-refractivity contribution < 1.29 is 4.79 Å². The van der Waals surface area contributed by atoms with Gasteiger partial charge in [-0.2, -0.15) is 0 Å². The van der Waals surface area contributed by atoms with Gasteiger partial charge in [-0.25, -0.2) is 0 Å². The van der Waals surface area contributed by atoms with Crippen molar-refractivity contribution in [2.75, 3.05) is 5.43 Å². The van der Waals surface area contributed by atoms with Crippen molar-refractivity contribution in [2.24, 2.45) is 17.7 Å². The molecule has 0 bridgehead atoms. The van der Waals surface area contributed by atoms with Crippen LogP contribution in [0.1, 0.15) is 43.5 Å². The fraction of sp³-hybridized carbons (Fsp3) is 0.533. The highest BCUT2D eigenvalue weighted by atomic mass is 35.5. The van der Waals surface area contributed by atoms with Crippen LogP contribution in [0.25, 0.3) is 0 Å². The van der Waals surface area contributed by atoms with E-state index in [1.54, 1.807) is 18.2 Å². The zero-order valence-electron chi connectivity index (χ0n) is 11.9. The number of hydrogen-bond acceptors (Lipinski definition) is 3. The Hall–Kier alpha value is -1.26. The number of benzene rings is 1. The second kappa shape index (κ2) is 6.46. The quantitative estimate of drug-likeness (QED) is 0.592. The van der Waals surface area contributed by atoms with Crippen LogP contribution in [0, 0.1) is 11.8 Å². The summed E-state index contributed by atoms with van der Waals surface area (Å²) in [5.74, 6) is 6.69. The number of nitrogens with one attached hydrogen (secondary N) is 2. The molecule has 1 fully saturated rings. The first kappa shape index (κ1) is 15.1. The summed E-state index contributed by atoms with van der Waals surface area (Å²) >= 11 is 5.95. The van der Waals surface area contributed by atoms with Crippen LogP contribution < -0.4 is 16.6 Å². The lowest BCUT2D eigenvalue weighted by atomic mass is 9.79. The number of amides is 1. The molecule has 0 radical (unpaired) electrons. The summed E-state index contributed by atoms with van der Waals surface area (Å²) in [6, 6.07) is 5.29. The van der Waals surface area contributed by atoms with Crippen LogP contribution in [-0.2, 0) is 0 Å². The molecule has 3 atom stereocenters. The van der Waals surface area contributed by atoms with Gasteiger partial charge in [0, 0.05) is 11.1 Å². The molecule has 3 unspecified atom stereocenters. The maximum Gasteiger partial charge on any atom is 0.253 e. The number of nitrogens with two attached hydrogens (primary N) is 1. The van der Waals surface area contributed by atoms with E-state index in [2.05, 4.69) is 24.6 Å². The minimum atomic E-state index is -0.118. The lowest BCUT2D eigenvalue weighted by Gasteiger charge is -2.32. The van der Waals surface area contributed by atoms with Crippen molar-refractivity contribution in [3.63, 3.8) is 0 Å². The van der Waals surface area contributed by atoms with E-state index in [0.717, 1.165) is 25.2 Å². The number of nitrogen functional groups attached to an aromatic ring is 1. The molecule has 5 heteroatoms. The molecule has 0 heterocycles. The summed E-state index contributed by atoms with van der Waals surface area (Å²) in [5.41, 5.74) is 3.62. The lowest BCUT2D eigenvalue weighted by molar-refractivity contribution is 0.0911. The summed E-state index contributed by atoms with van der Waals surface area (Å²) in [6.07, 6.45) is 3.21. The molecule has 1 aromatic rings. The summed E-state index contributed by atoms with van der Waals surface area (Å²) in [7, 11) is 0. The molecular formula is C15H22ClN3O. The van der Waals surface area contributed by atoms with Gasteiger partial charge in [0.25, 0.3) is 5.91 Å². The summed E-state index contributed by atoms with van der Waals surface area (Å²) in [5, 5.41) is 3.62. The Kier molecular flexibility index (Phi) is 4.89. The van der Waals surface area contributed by atoms with Crippen molar-refractivity contribution >= 4 is 23.2 Å². The topological polar surface area (TPSA) is 67.2 Å². The van der Waals surface area contributed by atoms with E-state index in [0.29, 0.717) is 22.2 Å². The van der Waals surface area contributed by atoms with Crippen molar-refractivity contribution in [3.05, 3.63) is 28.8 Å². The van der Waals surface area contributed by atoms with Crippen molar-refractivity contribution in [3.8, 4) is 0 Å². The van der Waals surface area contributed by atoms with Crippen LogP contribution in [0.5, 0.6) is 0 Å². The molecule has 1 saturated carbocycles. The van der Waals surface area contributed by atoms with Gasteiger partial charge in [-0.05, 0) is 49.3 Å². The molecule has 4 nitrogen and oxygen atoms in total. The number of rotatable bonds is 3. The van der Waals surface area contributed by atoms with Gasteiger partial charge in [0.15, 0.2) is 0 Å². The number of halogens is 1. The van der Waals surface area contributed by atoms with E-state index in [-0.39, 0.29) is 11.9 Å². The van der Waals surface area contributed by atoms with Crippen molar-refractivity contribution in [2.45, 2.75) is 39.2 Å². The van der Waals surface area contributed by atoms with E-state index in [1.165, 1.54) is 0 Å². The predicted molar refractivity (Wildman–Crippen MR) is 82.7 cm³/mol. The smallest absolute Gasteiger partial charge is 0.253 e. The van der Waals surface area contributed by atoms with Crippen LogP contribution in [0.15, 0.2) is 18.2 Å². The maximum absolute atomic E-state index is 12.4. The van der Waals surface area contributed by atoms with Crippen LogP contribution in [0.4, 0.5) is 5.69 Å². The number of hydrogen-bond donors (Lipinski definition) is 3. The van der Waals surface area contributed by atoms with E-state index in [1.807, 2.05) is 0 Å². The molecule has 0 aliphatic heterocycles. The molecule has 0 saturated heterocycles. The monoisotopic (exact) mass is 295 g/mol. The van der Waals surface area contributed by atoms with Crippen LogP contribution in [0.3, 0.4) is 0 Å². The molecule has 110 valence electrons. The van der Waals surface area contributed by atoms with Gasteiger partial charge in [-0.15, -0.1) is 0 Å². The Morgan fingerprint density at radius 3 is 2.70 bits per heavy atom. The maximum atomic E-state index is 12.4. The van der Waals surface area contributed by atoms with Gasteiger partial charge in [-0.1, -0.05) is 25.4 Å². The molecule has 1 amide bonds. The summed E-state index contributed by atoms with van der Waals surface area (Å²) < 4.78 is 0. The third kappa shape index (κ3) is 3.44. The standard InChI is InChI=1S/C15H22ClN3O/c1-9-3-5-12(7-10(9)2)18-15(20)13-8-11(16)4-6-14(13)19-17/h4,6,8-10,12,19H,3,5,7,17H2,1-2H3,(H,18,20). The summed E-state index contributed by atoms with van der Waals surface area (Å²) in [4.78, 5) is 12.4. The first-order chi connectivity index (χ1) is 9.51. The van der Waals surface area contributed by atoms with Gasteiger partial charge in [0.2, 0.25) is 0 Å². The number of carbonyl (C=O) groups is 1. The molecule has 0 spiro atoms. The molecule has 0 aromatic heterocycles. The second-order valence-corrected chi connectivity index (χ2v) is 6.21. The third-order valence-corrected chi connectivity index (χ3v) is 4.55. The predicted octanol–water partition coefficient (Wildman–Crippen LogP) is 3.18. The number of hydrazine groups is 1. The largest absolute Gasteiger partial charge is 0.349 e. The Morgan fingerprint density at radius 1 is 1.30 bits per heavy atom. The first-order valence-electron chi connectivity index (χ1n) is 7.08. The lowest BCUT2D eigenvalue weighted by Crippen LogP contribution is -2.40. The molecule has 4 N–H and O–H groups in total. The zero-order chi connectivity index (χ0) is 14.7. The molecule has 1 aromatic carbocycles. The normalized spacial score (nSPS) is 26.1. The van der Waals surface area contributed by atoms with E-state index in [9.17, 15) is 4.79 Å². The Morgan fingerprint density at radius 2 is 2.05 bits per heavy atom. The Balaban J connectivity index is 2.07. The fourth-order valence-corrected chi connectivity index (χ4v) is 2.94. The van der Waals surface area contributed by atoms with Crippen molar-refractivity contribution in [1.29, 1.82) is 0 Å². The summed E-state index contributed by atoms with van der Waals surface area (Å²) in [6.45, 7) is 4.52. The number of anilines is 1. The van der Waals surface area contributed by atoms with E-state index < -0.39 is 0 Å². The highest BCUT2D eigenvalue weighted by molar-refractivity contribution is 6.31. The minimum absolute atomic E-state index is 0.118. The van der Waals surface area contributed by atoms with Crippen molar-refractivity contribution in [1.82, 2.24) is 5.32 Å². The van der Waals surface area contributed by atoms with Crippen LogP contribution in [0.2, 0.25) is 5.02 Å². The SMILES string of the molecule is CC1CCC(NC(=O)c2cc(Cl)ccc2NN)CC1C. The Bertz CT molecular complexity index is 492. The molecule has 2 rings (SSSR count). The van der Waals surface area contributed by atoms with Gasteiger partial charge in [-0.3, -0.25) is 10.6 Å². The number of carbonyl (C=O) groups excluding carboxylic acids is 1. The molecule has 1 aliphatic rings. The highest BCUT2D eigenvalue weighted by Gasteiger charge is 2.26. The van der Waals surface area contributed by atoms with Crippen LogP contribution >= 0.6 is 11.6 Å². The van der Waals surface area contributed by atoms with Gasteiger partial charge < -0.3 is 10.7 Å². The van der Waals surface area contributed by atoms with E-state index >= 15 is 0 Å².